The van der Waals surface area contributed by atoms with E-state index < -0.39 is 66.3 Å². The molecule has 5 rings (SSSR count). The number of nitrogens with one attached hydrogen (secondary N) is 1. The highest BCUT2D eigenvalue weighted by Gasteiger charge is 2.77. The van der Waals surface area contributed by atoms with Crippen LogP contribution in [0, 0.1) is 11.8 Å². The number of esters is 1. The largest absolute Gasteiger partial charge is 0.455 e. The molecule has 3 aliphatic rings. The summed E-state index contributed by atoms with van der Waals surface area (Å²) in [5, 5.41) is 13.8. The summed E-state index contributed by atoms with van der Waals surface area (Å²) in [6, 6.07) is 15.1. The highest BCUT2D eigenvalue weighted by molar-refractivity contribution is 9.09. The number of methoxy groups -OCH3 is 1. The van der Waals surface area contributed by atoms with Gasteiger partial charge in [-0.05, 0) is 37.8 Å². The molecule has 1 spiro atoms. The molecule has 3 heterocycles. The summed E-state index contributed by atoms with van der Waals surface area (Å²) >= 11 is 3.73. The van der Waals surface area contributed by atoms with Crippen molar-refractivity contribution in [3.8, 4) is 0 Å². The highest BCUT2D eigenvalue weighted by Crippen LogP contribution is 2.61. The molecule has 0 radical (unpaired) electrons. The molecule has 3 amide bonds. The van der Waals surface area contributed by atoms with Crippen molar-refractivity contribution in [2.45, 2.75) is 79.9 Å². The molecule has 51 heavy (non-hydrogen) atoms. The topological polar surface area (TPSA) is 135 Å². The molecule has 0 aliphatic carbocycles. The third kappa shape index (κ3) is 7.42. The molecule has 3 fully saturated rings. The van der Waals surface area contributed by atoms with Crippen molar-refractivity contribution in [3.63, 3.8) is 0 Å². The Morgan fingerprint density at radius 3 is 2.31 bits per heavy atom. The smallest absolute Gasteiger partial charge is 0.313 e. The Kier molecular flexibility index (Phi) is 12.5. The number of ether oxygens (including phenoxy) is 3. The lowest BCUT2D eigenvalue weighted by molar-refractivity contribution is -0.163. The van der Waals surface area contributed by atoms with E-state index in [4.69, 9.17) is 14.2 Å². The lowest BCUT2D eigenvalue weighted by atomic mass is 9.70. The molecule has 2 aromatic rings. The zero-order valence-electron chi connectivity index (χ0n) is 29.4. The second-order valence-corrected chi connectivity index (χ2v) is 14.8. The fourth-order valence-electron chi connectivity index (χ4n) is 7.96. The first-order chi connectivity index (χ1) is 24.5. The number of hydrogen-bond acceptors (Lipinski definition) is 8. The fraction of sp³-hybridized carbons (Fsp3) is 0.487. The first-order valence-corrected chi connectivity index (χ1v) is 18.3. The Labute approximate surface area is 308 Å². The summed E-state index contributed by atoms with van der Waals surface area (Å²) in [5.74, 6) is -3.94. The van der Waals surface area contributed by atoms with E-state index in [1.165, 1.54) is 12.0 Å². The molecule has 11 nitrogen and oxygen atoms in total. The Bertz CT molecular complexity index is 1570. The van der Waals surface area contributed by atoms with E-state index in [0.717, 1.165) is 0 Å². The van der Waals surface area contributed by atoms with Gasteiger partial charge in [0.15, 0.2) is 0 Å². The van der Waals surface area contributed by atoms with Gasteiger partial charge in [0.05, 0.1) is 43.2 Å². The average molecular weight is 767 g/mol. The third-order valence-corrected chi connectivity index (χ3v) is 11.0. The van der Waals surface area contributed by atoms with E-state index in [1.807, 2.05) is 26.0 Å². The summed E-state index contributed by atoms with van der Waals surface area (Å²) in [4.78, 5) is 59.9. The van der Waals surface area contributed by atoms with E-state index in [1.54, 1.807) is 65.6 Å². The number of alkyl halides is 1. The molecular formula is C39H48BrN3O8. The molecule has 3 aliphatic heterocycles. The van der Waals surface area contributed by atoms with Gasteiger partial charge in [0.2, 0.25) is 17.7 Å². The Hall–Kier alpha value is -3.84. The minimum atomic E-state index is -1.39. The van der Waals surface area contributed by atoms with E-state index in [9.17, 15) is 24.3 Å². The number of allylic oxidation sites excluding steroid dienone is 1. The maximum Gasteiger partial charge on any atom is 0.313 e. The number of hydrogen-bond donors (Lipinski definition) is 2. The standard InChI is InChI=1S/C39H48BrN3O8/c1-6-8-19-30(45)41-28(23-49-5)33(26-17-13-10-14-18-26)50-38(48)31-32-36(46)43(29(22-44)25-15-11-9-12-16-25)35(37(47)42(20-7-2)24(3)4)39(32)21-27(40)34(31)51-39/h6-7,9-18,24,27-29,31-35,44H,1-2,8,19-23H2,3-5H3,(H,41,45)/t27?,28-,29-,31-,32+,33-,34-,35-,39+/m1/s1. The SMILES string of the molecule is C=CCCC(=O)N[C@H](COC)[C@H](OC(=O)[C@H]1[C@@H]2O[C@@]3(CC2Br)[C@@H]1C(=O)N([C@H](CO)c1ccccc1)[C@@H]3C(=O)N(CC=C)C(C)C)c1ccccc1. The number of halogens is 1. The maximum absolute atomic E-state index is 14.9. The zero-order valence-corrected chi connectivity index (χ0v) is 30.9. The van der Waals surface area contributed by atoms with Gasteiger partial charge in [-0.2, -0.15) is 0 Å². The quantitative estimate of drug-likeness (QED) is 0.139. The van der Waals surface area contributed by atoms with Gasteiger partial charge in [-0.3, -0.25) is 19.2 Å². The minimum absolute atomic E-state index is 0.0403. The molecule has 3 saturated heterocycles. The molecule has 0 saturated carbocycles. The van der Waals surface area contributed by atoms with Crippen LogP contribution < -0.4 is 5.32 Å². The van der Waals surface area contributed by atoms with Crippen molar-refractivity contribution in [1.82, 2.24) is 15.1 Å². The van der Waals surface area contributed by atoms with E-state index in [2.05, 4.69) is 34.4 Å². The number of fused-ring (bicyclic) bond motifs is 1. The fourth-order valence-corrected chi connectivity index (χ4v) is 8.90. The number of likely N-dealkylation sites (tertiary alicyclic amines) is 1. The van der Waals surface area contributed by atoms with E-state index in [-0.39, 0.29) is 48.7 Å². The van der Waals surface area contributed by atoms with Crippen LogP contribution in [0.5, 0.6) is 0 Å². The van der Waals surface area contributed by atoms with Gasteiger partial charge in [-0.1, -0.05) is 88.7 Å². The predicted octanol–water partition coefficient (Wildman–Crippen LogP) is 4.27. The van der Waals surface area contributed by atoms with E-state index >= 15 is 0 Å². The van der Waals surface area contributed by atoms with Gasteiger partial charge in [-0.25, -0.2) is 0 Å². The number of amides is 3. The van der Waals surface area contributed by atoms with Crippen LogP contribution in [0.2, 0.25) is 0 Å². The Morgan fingerprint density at radius 2 is 1.75 bits per heavy atom. The van der Waals surface area contributed by atoms with Crippen LogP contribution in [0.4, 0.5) is 0 Å². The van der Waals surface area contributed by atoms with Crippen molar-refractivity contribution < 1.29 is 38.5 Å². The van der Waals surface area contributed by atoms with E-state index in [0.29, 0.717) is 17.5 Å². The van der Waals surface area contributed by atoms with Crippen molar-refractivity contribution in [3.05, 3.63) is 97.1 Å². The summed E-state index contributed by atoms with van der Waals surface area (Å²) in [6.45, 7) is 11.1. The van der Waals surface area contributed by atoms with Crippen LogP contribution in [-0.4, -0.2) is 100 Å². The number of aliphatic hydroxyl groups is 1. The predicted molar refractivity (Wildman–Crippen MR) is 194 cm³/mol. The number of aliphatic hydroxyl groups excluding tert-OH is 1. The van der Waals surface area contributed by atoms with Crippen LogP contribution in [0.1, 0.15) is 56.4 Å². The van der Waals surface area contributed by atoms with Crippen LogP contribution in [0.3, 0.4) is 0 Å². The molecule has 1 unspecified atom stereocenters. The first-order valence-electron chi connectivity index (χ1n) is 17.4. The number of benzene rings is 2. The van der Waals surface area contributed by atoms with Crippen LogP contribution in [0.25, 0.3) is 0 Å². The zero-order chi connectivity index (χ0) is 36.9. The summed E-state index contributed by atoms with van der Waals surface area (Å²) in [5.41, 5.74) is -0.120. The maximum atomic E-state index is 14.9. The molecule has 2 N–H and O–H groups in total. The number of rotatable bonds is 17. The Balaban J connectivity index is 1.57. The first kappa shape index (κ1) is 38.4. The molecule has 2 bridgehead atoms. The normalized spacial score (nSPS) is 26.7. The van der Waals surface area contributed by atoms with Crippen molar-refractivity contribution in [2.75, 3.05) is 26.9 Å². The summed E-state index contributed by atoms with van der Waals surface area (Å²) in [6.07, 6.45) is 2.48. The van der Waals surface area contributed by atoms with Crippen LogP contribution in [-0.2, 0) is 33.4 Å². The molecule has 9 atom stereocenters. The van der Waals surface area contributed by atoms with Gasteiger partial charge in [-0.15, -0.1) is 13.2 Å². The van der Waals surface area contributed by atoms with Crippen LogP contribution >= 0.6 is 15.9 Å². The molecule has 0 aromatic heterocycles. The van der Waals surface area contributed by atoms with Crippen molar-refractivity contribution in [1.29, 1.82) is 0 Å². The highest BCUT2D eigenvalue weighted by atomic mass is 79.9. The monoisotopic (exact) mass is 765 g/mol. The van der Waals surface area contributed by atoms with Crippen LogP contribution in [0.15, 0.2) is 86.0 Å². The lowest BCUT2D eigenvalue weighted by Crippen LogP contribution is -2.58. The van der Waals surface area contributed by atoms with Gasteiger partial charge in [0, 0.05) is 30.9 Å². The Morgan fingerprint density at radius 1 is 1.10 bits per heavy atom. The van der Waals surface area contributed by atoms with Gasteiger partial charge in [0.25, 0.3) is 0 Å². The second-order valence-electron chi connectivity index (χ2n) is 13.6. The molecule has 274 valence electrons. The van der Waals surface area contributed by atoms with Crippen molar-refractivity contribution >= 4 is 39.6 Å². The molecule has 2 aromatic carbocycles. The molecular weight excluding hydrogens is 718 g/mol. The van der Waals surface area contributed by atoms with Crippen molar-refractivity contribution in [2.24, 2.45) is 11.8 Å². The second kappa shape index (κ2) is 16.7. The van der Waals surface area contributed by atoms with Gasteiger partial charge in [0.1, 0.15) is 17.7 Å². The average Bonchev–Trinajstić information content (AvgIpc) is 3.72. The summed E-state index contributed by atoms with van der Waals surface area (Å²) < 4.78 is 18.6. The third-order valence-electron chi connectivity index (χ3n) is 10.2. The number of carbonyl (C=O) groups is 4. The lowest BCUT2D eigenvalue weighted by Gasteiger charge is -2.40. The number of carbonyl (C=O) groups excluding carboxylic acids is 4. The van der Waals surface area contributed by atoms with Gasteiger partial charge >= 0.3 is 5.97 Å². The number of nitrogens with zero attached hydrogens (tertiary/aromatic N) is 2. The van der Waals surface area contributed by atoms with Gasteiger partial charge < -0.3 is 34.4 Å². The minimum Gasteiger partial charge on any atom is -0.455 e. The molecule has 12 heteroatoms. The summed E-state index contributed by atoms with van der Waals surface area (Å²) in [7, 11) is 1.50.